The third kappa shape index (κ3) is 2.54. The van der Waals surface area contributed by atoms with Gasteiger partial charge in [0.1, 0.15) is 10.8 Å². The first-order valence-electron chi connectivity index (χ1n) is 5.58. The van der Waals surface area contributed by atoms with E-state index in [1.54, 1.807) is 17.5 Å². The number of hydrogen-bond acceptors (Lipinski definition) is 5. The molecule has 19 heavy (non-hydrogen) atoms. The zero-order valence-electron chi connectivity index (χ0n) is 9.83. The summed E-state index contributed by atoms with van der Waals surface area (Å²) in [6.45, 7) is 0. The lowest BCUT2D eigenvalue weighted by Gasteiger charge is -2.06. The molecule has 0 unspecified atom stereocenters. The molecule has 3 rings (SSSR count). The second-order valence-electron chi connectivity index (χ2n) is 3.96. The monoisotopic (exact) mass is 286 g/mol. The fourth-order valence-corrected chi connectivity index (χ4v) is 2.53. The quantitative estimate of drug-likeness (QED) is 0.724. The molecule has 6 heteroatoms. The van der Waals surface area contributed by atoms with Gasteiger partial charge in [-0.3, -0.25) is 0 Å². The van der Waals surface area contributed by atoms with E-state index in [1.807, 2.05) is 29.8 Å². The number of thiocarbonyl (C=S) groups is 1. The minimum atomic E-state index is 0.352. The predicted octanol–water partition coefficient (Wildman–Crippen LogP) is 3.07. The van der Waals surface area contributed by atoms with Crippen LogP contribution in [0, 0.1) is 0 Å². The van der Waals surface area contributed by atoms with Gasteiger partial charge in [0.15, 0.2) is 0 Å². The number of benzene rings is 1. The lowest BCUT2D eigenvalue weighted by atomic mass is 10.2. The molecule has 2 aromatic heterocycles. The Morgan fingerprint density at radius 2 is 2.11 bits per heavy atom. The molecule has 0 amide bonds. The number of hydrogen-bond donors (Lipinski definition) is 2. The van der Waals surface area contributed by atoms with Crippen molar-refractivity contribution in [3.63, 3.8) is 0 Å². The molecule has 2 heterocycles. The summed E-state index contributed by atoms with van der Waals surface area (Å²) < 4.78 is 1.14. The number of fused-ring (bicyclic) bond motifs is 1. The van der Waals surface area contributed by atoms with Crippen molar-refractivity contribution >= 4 is 50.3 Å². The van der Waals surface area contributed by atoms with Gasteiger partial charge < -0.3 is 11.1 Å². The number of nitrogens with zero attached hydrogens (tertiary/aromatic N) is 2. The molecule has 0 aliphatic rings. The van der Waals surface area contributed by atoms with Gasteiger partial charge in [-0.2, -0.15) is 0 Å². The minimum Gasteiger partial charge on any atom is -0.389 e. The number of aromatic nitrogens is 2. The van der Waals surface area contributed by atoms with E-state index in [2.05, 4.69) is 21.4 Å². The molecule has 1 aromatic carbocycles. The fraction of sp³-hybridized carbons (Fsp3) is 0. The molecule has 4 nitrogen and oxygen atoms in total. The molecule has 0 bridgehead atoms. The van der Waals surface area contributed by atoms with E-state index in [0.717, 1.165) is 27.3 Å². The molecule has 0 aliphatic heterocycles. The van der Waals surface area contributed by atoms with Gasteiger partial charge in [-0.05, 0) is 30.3 Å². The van der Waals surface area contributed by atoms with Crippen LogP contribution in [0.4, 0.5) is 11.5 Å². The van der Waals surface area contributed by atoms with Crippen molar-refractivity contribution in [3.05, 3.63) is 47.6 Å². The Bertz CT molecular complexity index is 734. The summed E-state index contributed by atoms with van der Waals surface area (Å²) >= 11 is 6.50. The van der Waals surface area contributed by atoms with E-state index in [0.29, 0.717) is 4.99 Å². The Labute approximate surface area is 119 Å². The van der Waals surface area contributed by atoms with Crippen LogP contribution in [-0.2, 0) is 0 Å². The zero-order chi connectivity index (χ0) is 13.2. The van der Waals surface area contributed by atoms with Crippen molar-refractivity contribution < 1.29 is 0 Å². The summed E-state index contributed by atoms with van der Waals surface area (Å²) in [7, 11) is 0. The third-order valence-electron chi connectivity index (χ3n) is 2.65. The first-order valence-corrected chi connectivity index (χ1v) is 6.87. The molecule has 3 N–H and O–H groups in total. The van der Waals surface area contributed by atoms with Gasteiger partial charge in [0.05, 0.1) is 15.7 Å². The van der Waals surface area contributed by atoms with Gasteiger partial charge in [0.2, 0.25) is 0 Å². The average Bonchev–Trinajstić information content (AvgIpc) is 2.87. The Morgan fingerprint density at radius 1 is 1.21 bits per heavy atom. The molecule has 0 saturated carbocycles. The van der Waals surface area contributed by atoms with Crippen LogP contribution >= 0.6 is 23.6 Å². The van der Waals surface area contributed by atoms with Crippen molar-refractivity contribution in [2.45, 2.75) is 0 Å². The molecule has 3 aromatic rings. The first kappa shape index (κ1) is 12.0. The number of thiazole rings is 1. The van der Waals surface area contributed by atoms with Crippen LogP contribution in [-0.4, -0.2) is 15.0 Å². The van der Waals surface area contributed by atoms with Crippen molar-refractivity contribution in [2.24, 2.45) is 5.73 Å². The lowest BCUT2D eigenvalue weighted by Crippen LogP contribution is -2.09. The summed E-state index contributed by atoms with van der Waals surface area (Å²) in [5.41, 5.74) is 10.1. The van der Waals surface area contributed by atoms with Crippen LogP contribution in [0.25, 0.3) is 10.2 Å². The van der Waals surface area contributed by atoms with Crippen LogP contribution in [0.1, 0.15) is 5.56 Å². The topological polar surface area (TPSA) is 63.8 Å². The van der Waals surface area contributed by atoms with Gasteiger partial charge in [0.25, 0.3) is 0 Å². The number of rotatable bonds is 3. The third-order valence-corrected chi connectivity index (χ3v) is 3.68. The van der Waals surface area contributed by atoms with Crippen molar-refractivity contribution in [2.75, 3.05) is 5.32 Å². The van der Waals surface area contributed by atoms with Gasteiger partial charge in [-0.25, -0.2) is 9.97 Å². The standard InChI is InChI=1S/C13H10N4S2/c14-13(18)8-1-4-12(15-6-8)17-9-2-3-10-11(5-9)19-7-16-10/h1-7H,(H2,14,18)(H,15,17). The van der Waals surface area contributed by atoms with Crippen LogP contribution < -0.4 is 11.1 Å². The van der Waals surface area contributed by atoms with E-state index >= 15 is 0 Å². The Kier molecular flexibility index (Phi) is 3.10. The van der Waals surface area contributed by atoms with Crippen LogP contribution in [0.15, 0.2) is 42.0 Å². The smallest absolute Gasteiger partial charge is 0.130 e. The van der Waals surface area contributed by atoms with E-state index in [4.69, 9.17) is 18.0 Å². The van der Waals surface area contributed by atoms with Gasteiger partial charge >= 0.3 is 0 Å². The minimum absolute atomic E-state index is 0.352. The van der Waals surface area contributed by atoms with Crippen LogP contribution in [0.5, 0.6) is 0 Å². The van der Waals surface area contributed by atoms with Gasteiger partial charge in [-0.1, -0.05) is 12.2 Å². The Hall–Kier alpha value is -2.05. The number of nitrogens with one attached hydrogen (secondary N) is 1. The highest BCUT2D eigenvalue weighted by Gasteiger charge is 2.01. The van der Waals surface area contributed by atoms with E-state index in [-0.39, 0.29) is 0 Å². The second kappa shape index (κ2) is 4.91. The summed E-state index contributed by atoms with van der Waals surface area (Å²) in [6, 6.07) is 9.72. The normalized spacial score (nSPS) is 10.5. The van der Waals surface area contributed by atoms with E-state index in [9.17, 15) is 0 Å². The maximum absolute atomic E-state index is 5.53. The molecule has 0 radical (unpaired) electrons. The highest BCUT2D eigenvalue weighted by atomic mass is 32.1. The largest absolute Gasteiger partial charge is 0.389 e. The average molecular weight is 286 g/mol. The molecule has 94 valence electrons. The maximum Gasteiger partial charge on any atom is 0.130 e. The molecule has 0 atom stereocenters. The van der Waals surface area contributed by atoms with Crippen molar-refractivity contribution in [1.82, 2.24) is 9.97 Å². The Balaban J connectivity index is 1.85. The molecular weight excluding hydrogens is 276 g/mol. The SMILES string of the molecule is NC(=S)c1ccc(Nc2ccc3ncsc3c2)nc1. The van der Waals surface area contributed by atoms with E-state index < -0.39 is 0 Å². The lowest BCUT2D eigenvalue weighted by molar-refractivity contribution is 1.30. The zero-order valence-corrected chi connectivity index (χ0v) is 11.5. The fourth-order valence-electron chi connectivity index (χ4n) is 1.69. The Morgan fingerprint density at radius 3 is 2.84 bits per heavy atom. The van der Waals surface area contributed by atoms with E-state index in [1.165, 1.54) is 0 Å². The maximum atomic E-state index is 5.53. The number of anilines is 2. The molecule has 0 spiro atoms. The summed E-state index contributed by atoms with van der Waals surface area (Å²) in [6.07, 6.45) is 1.66. The summed E-state index contributed by atoms with van der Waals surface area (Å²) in [4.78, 5) is 8.87. The summed E-state index contributed by atoms with van der Waals surface area (Å²) in [5, 5.41) is 3.24. The molecule has 0 aliphatic carbocycles. The van der Waals surface area contributed by atoms with Gasteiger partial charge in [-0.15, -0.1) is 11.3 Å². The second-order valence-corrected chi connectivity index (χ2v) is 5.28. The van der Waals surface area contributed by atoms with Gasteiger partial charge in [0, 0.05) is 17.4 Å². The molecule has 0 fully saturated rings. The first-order chi connectivity index (χ1) is 9.22. The number of nitrogens with two attached hydrogens (primary N) is 1. The van der Waals surface area contributed by atoms with Crippen LogP contribution in [0.2, 0.25) is 0 Å². The summed E-state index contributed by atoms with van der Waals surface area (Å²) in [5.74, 6) is 0.754. The highest BCUT2D eigenvalue weighted by Crippen LogP contribution is 2.23. The predicted molar refractivity (Wildman–Crippen MR) is 83.0 cm³/mol. The van der Waals surface area contributed by atoms with Crippen molar-refractivity contribution in [3.8, 4) is 0 Å². The van der Waals surface area contributed by atoms with Crippen molar-refractivity contribution in [1.29, 1.82) is 0 Å². The molecular formula is C13H10N4S2. The molecule has 0 saturated heterocycles. The van der Waals surface area contributed by atoms with Crippen LogP contribution in [0.3, 0.4) is 0 Å². The number of pyridine rings is 1. The highest BCUT2D eigenvalue weighted by molar-refractivity contribution is 7.80.